The van der Waals surface area contributed by atoms with E-state index in [1.165, 1.54) is 16.9 Å². The molecule has 0 atom stereocenters. The number of ether oxygens (including phenoxy) is 1. The predicted molar refractivity (Wildman–Crippen MR) is 72.0 cm³/mol. The third kappa shape index (κ3) is 3.07. The normalized spacial score (nSPS) is 10.1. The number of esters is 1. The fraction of sp³-hybridized carbons (Fsp3) is 0.231. The molecule has 0 aliphatic carbocycles. The van der Waals surface area contributed by atoms with Gasteiger partial charge >= 0.3 is 5.97 Å². The third-order valence-electron chi connectivity index (χ3n) is 2.42. The number of carbonyl (C=O) groups excluding carboxylic acids is 1. The van der Waals surface area contributed by atoms with Crippen molar-refractivity contribution in [2.75, 3.05) is 12.4 Å². The molecule has 0 radical (unpaired) electrons. The standard InChI is InChI=1S/C13H14N2O2S/c1-9-3-4-11(18-9)8-15-10-5-6-14-12(7-10)13(16)17-2/h3-7H,8H2,1-2H3,(H,14,15). The molecule has 2 aromatic rings. The molecule has 0 aromatic carbocycles. The van der Waals surface area contributed by atoms with Crippen LogP contribution in [0.25, 0.3) is 0 Å². The molecule has 94 valence electrons. The van der Waals surface area contributed by atoms with E-state index in [1.807, 2.05) is 6.07 Å². The van der Waals surface area contributed by atoms with E-state index in [0.717, 1.165) is 12.2 Å². The van der Waals surface area contributed by atoms with Gasteiger partial charge in [-0.05, 0) is 31.2 Å². The van der Waals surface area contributed by atoms with Gasteiger partial charge in [-0.3, -0.25) is 0 Å². The summed E-state index contributed by atoms with van der Waals surface area (Å²) in [7, 11) is 1.35. The number of hydrogen-bond donors (Lipinski definition) is 1. The van der Waals surface area contributed by atoms with Gasteiger partial charge in [-0.15, -0.1) is 11.3 Å². The van der Waals surface area contributed by atoms with E-state index in [1.54, 1.807) is 23.6 Å². The Morgan fingerprint density at radius 1 is 1.44 bits per heavy atom. The minimum Gasteiger partial charge on any atom is -0.464 e. The fourth-order valence-electron chi connectivity index (χ4n) is 1.53. The van der Waals surface area contributed by atoms with Crippen LogP contribution in [0, 0.1) is 6.92 Å². The summed E-state index contributed by atoms with van der Waals surface area (Å²) < 4.78 is 4.63. The van der Waals surface area contributed by atoms with Crippen LogP contribution >= 0.6 is 11.3 Å². The third-order valence-corrected chi connectivity index (χ3v) is 3.42. The van der Waals surface area contributed by atoms with Gasteiger partial charge in [0, 0.05) is 28.2 Å². The number of nitrogens with zero attached hydrogens (tertiary/aromatic N) is 1. The maximum absolute atomic E-state index is 11.3. The summed E-state index contributed by atoms with van der Waals surface area (Å²) in [5.74, 6) is -0.425. The van der Waals surface area contributed by atoms with Crippen LogP contribution in [0.15, 0.2) is 30.5 Å². The number of aromatic nitrogens is 1. The number of anilines is 1. The molecule has 1 N–H and O–H groups in total. The molecule has 0 spiro atoms. The highest BCUT2D eigenvalue weighted by molar-refractivity contribution is 7.11. The lowest BCUT2D eigenvalue weighted by molar-refractivity contribution is 0.0594. The zero-order valence-electron chi connectivity index (χ0n) is 10.3. The Kier molecular flexibility index (Phi) is 3.94. The van der Waals surface area contributed by atoms with Crippen molar-refractivity contribution >= 4 is 23.0 Å². The van der Waals surface area contributed by atoms with E-state index < -0.39 is 5.97 Å². The molecule has 0 bridgehead atoms. The van der Waals surface area contributed by atoms with Crippen LogP contribution < -0.4 is 5.32 Å². The number of rotatable bonds is 4. The van der Waals surface area contributed by atoms with Crippen LogP contribution in [0.1, 0.15) is 20.2 Å². The lowest BCUT2D eigenvalue weighted by Gasteiger charge is -2.05. The Morgan fingerprint density at radius 3 is 2.94 bits per heavy atom. The quantitative estimate of drug-likeness (QED) is 0.861. The summed E-state index contributed by atoms with van der Waals surface area (Å²) in [6, 6.07) is 7.70. The first-order valence-electron chi connectivity index (χ1n) is 5.52. The van der Waals surface area contributed by atoms with Gasteiger partial charge < -0.3 is 10.1 Å². The molecule has 0 aliphatic rings. The molecule has 0 saturated heterocycles. The summed E-state index contributed by atoms with van der Waals surface area (Å²) >= 11 is 1.75. The molecule has 0 fully saturated rings. The average Bonchev–Trinajstić information content (AvgIpc) is 2.81. The Morgan fingerprint density at radius 2 is 2.28 bits per heavy atom. The second-order valence-corrected chi connectivity index (χ2v) is 5.16. The number of aryl methyl sites for hydroxylation is 1. The summed E-state index contributed by atoms with van der Waals surface area (Å²) in [6.45, 7) is 2.82. The maximum Gasteiger partial charge on any atom is 0.356 e. The molecule has 2 aromatic heterocycles. The van der Waals surface area contributed by atoms with Gasteiger partial charge in [0.1, 0.15) is 5.69 Å². The van der Waals surface area contributed by atoms with Gasteiger partial charge in [-0.25, -0.2) is 9.78 Å². The van der Waals surface area contributed by atoms with E-state index >= 15 is 0 Å². The van der Waals surface area contributed by atoms with Crippen molar-refractivity contribution in [1.29, 1.82) is 0 Å². The zero-order valence-corrected chi connectivity index (χ0v) is 11.1. The van der Waals surface area contributed by atoms with E-state index in [-0.39, 0.29) is 0 Å². The summed E-state index contributed by atoms with van der Waals surface area (Å²) in [6.07, 6.45) is 1.59. The van der Waals surface area contributed by atoms with Crippen molar-refractivity contribution in [3.63, 3.8) is 0 Å². The summed E-state index contributed by atoms with van der Waals surface area (Å²) in [4.78, 5) is 17.8. The fourth-order valence-corrected chi connectivity index (χ4v) is 2.36. The van der Waals surface area contributed by atoms with Crippen LogP contribution in [0.2, 0.25) is 0 Å². The van der Waals surface area contributed by atoms with Crippen LogP contribution in [-0.4, -0.2) is 18.1 Å². The number of carbonyl (C=O) groups is 1. The van der Waals surface area contributed by atoms with Gasteiger partial charge in [-0.1, -0.05) is 0 Å². The molecule has 5 heteroatoms. The van der Waals surface area contributed by atoms with E-state index in [4.69, 9.17) is 0 Å². The molecule has 2 rings (SSSR count). The molecule has 18 heavy (non-hydrogen) atoms. The second kappa shape index (κ2) is 5.64. The first-order chi connectivity index (χ1) is 8.69. The number of nitrogens with one attached hydrogen (secondary N) is 1. The van der Waals surface area contributed by atoms with Crippen LogP contribution in [0.4, 0.5) is 5.69 Å². The first-order valence-corrected chi connectivity index (χ1v) is 6.34. The van der Waals surface area contributed by atoms with Crippen molar-refractivity contribution in [2.24, 2.45) is 0 Å². The van der Waals surface area contributed by atoms with E-state index in [9.17, 15) is 4.79 Å². The van der Waals surface area contributed by atoms with Crippen molar-refractivity contribution in [3.8, 4) is 0 Å². The summed E-state index contributed by atoms with van der Waals surface area (Å²) in [5.41, 5.74) is 1.17. The topological polar surface area (TPSA) is 51.2 Å². The Bertz CT molecular complexity index is 551. The molecule has 2 heterocycles. The van der Waals surface area contributed by atoms with Gasteiger partial charge in [0.2, 0.25) is 0 Å². The Labute approximate surface area is 110 Å². The van der Waals surface area contributed by atoms with Gasteiger partial charge in [0.05, 0.1) is 7.11 Å². The molecule has 0 amide bonds. The zero-order chi connectivity index (χ0) is 13.0. The van der Waals surface area contributed by atoms with Gasteiger partial charge in [-0.2, -0.15) is 0 Å². The monoisotopic (exact) mass is 262 g/mol. The van der Waals surface area contributed by atoms with Crippen molar-refractivity contribution < 1.29 is 9.53 Å². The number of pyridine rings is 1. The van der Waals surface area contributed by atoms with Crippen LogP contribution in [0.3, 0.4) is 0 Å². The van der Waals surface area contributed by atoms with E-state index in [2.05, 4.69) is 34.1 Å². The average molecular weight is 262 g/mol. The maximum atomic E-state index is 11.3. The van der Waals surface area contributed by atoms with Crippen LogP contribution in [0.5, 0.6) is 0 Å². The van der Waals surface area contributed by atoms with Crippen molar-refractivity contribution in [3.05, 3.63) is 45.9 Å². The molecule has 0 unspecified atom stereocenters. The Balaban J connectivity index is 2.03. The Hall–Kier alpha value is -1.88. The number of hydrogen-bond acceptors (Lipinski definition) is 5. The smallest absolute Gasteiger partial charge is 0.356 e. The highest BCUT2D eigenvalue weighted by Gasteiger charge is 2.07. The van der Waals surface area contributed by atoms with Crippen molar-refractivity contribution in [2.45, 2.75) is 13.5 Å². The lowest BCUT2D eigenvalue weighted by Crippen LogP contribution is -2.05. The minimum atomic E-state index is -0.425. The SMILES string of the molecule is COC(=O)c1cc(NCc2ccc(C)s2)ccn1. The van der Waals surface area contributed by atoms with Gasteiger partial charge in [0.15, 0.2) is 0 Å². The first kappa shape index (κ1) is 12.6. The van der Waals surface area contributed by atoms with Crippen LogP contribution in [-0.2, 0) is 11.3 Å². The van der Waals surface area contributed by atoms with E-state index in [0.29, 0.717) is 5.69 Å². The second-order valence-electron chi connectivity index (χ2n) is 3.79. The largest absolute Gasteiger partial charge is 0.464 e. The molecule has 0 aliphatic heterocycles. The van der Waals surface area contributed by atoms with Gasteiger partial charge in [0.25, 0.3) is 0 Å². The number of thiophene rings is 1. The summed E-state index contributed by atoms with van der Waals surface area (Å²) in [5, 5.41) is 3.26. The lowest BCUT2D eigenvalue weighted by atomic mass is 10.3. The highest BCUT2D eigenvalue weighted by Crippen LogP contribution is 2.17. The predicted octanol–water partition coefficient (Wildman–Crippen LogP) is 2.85. The van der Waals surface area contributed by atoms with Crippen molar-refractivity contribution in [1.82, 2.24) is 4.98 Å². The molecule has 0 saturated carbocycles. The highest BCUT2D eigenvalue weighted by atomic mass is 32.1. The number of methoxy groups -OCH3 is 1. The molecular formula is C13H14N2O2S. The molecular weight excluding hydrogens is 248 g/mol. The molecule has 4 nitrogen and oxygen atoms in total. The minimum absolute atomic E-state index is 0.310.